The summed E-state index contributed by atoms with van der Waals surface area (Å²) in [4.78, 5) is 0. The van der Waals surface area contributed by atoms with Crippen LogP contribution in [0.1, 0.15) is 0 Å². The van der Waals surface area contributed by atoms with Gasteiger partial charge in [-0.15, -0.1) is 0 Å². The molecule has 7 aromatic carbocycles. The van der Waals surface area contributed by atoms with Crippen LogP contribution in [0.3, 0.4) is 0 Å². The van der Waals surface area contributed by atoms with E-state index < -0.39 is 0 Å². The molecule has 0 atom stereocenters. The zero-order chi connectivity index (χ0) is 28.8. The number of benzene rings is 7. The van der Waals surface area contributed by atoms with Crippen molar-refractivity contribution < 1.29 is 4.42 Å². The first-order valence-electron chi connectivity index (χ1n) is 15.1. The summed E-state index contributed by atoms with van der Waals surface area (Å²) in [6, 6.07) is 54.8. The molecule has 10 rings (SSSR count). The van der Waals surface area contributed by atoms with Crippen molar-refractivity contribution in [3.63, 3.8) is 0 Å². The number of rotatable bonds is 2. The first kappa shape index (κ1) is 23.7. The molecule has 44 heavy (non-hydrogen) atoms. The molecular formula is C42H25NO. The highest BCUT2D eigenvalue weighted by atomic mass is 16.3. The van der Waals surface area contributed by atoms with Gasteiger partial charge in [0.25, 0.3) is 0 Å². The number of furan rings is 1. The van der Waals surface area contributed by atoms with E-state index in [2.05, 4.69) is 150 Å². The average molecular weight is 560 g/mol. The minimum atomic E-state index is 0.910. The quantitative estimate of drug-likeness (QED) is 0.193. The molecular weight excluding hydrogens is 534 g/mol. The summed E-state index contributed by atoms with van der Waals surface area (Å²) in [7, 11) is 0. The standard InChI is InChI=1S/C42H25NO/c1-3-13-26(14-4-1)33-23-36(27-15-5-2-6-16-27)43-37-24-34-30-19-11-12-22-38(30)44-39(34)25-35(37)40-31-20-9-7-17-28(31)29-18-8-10-21-32(29)41(40)42(33)43/h1-25H. The van der Waals surface area contributed by atoms with Crippen LogP contribution >= 0.6 is 0 Å². The maximum absolute atomic E-state index is 6.50. The zero-order valence-electron chi connectivity index (χ0n) is 23.8. The van der Waals surface area contributed by atoms with E-state index in [1.54, 1.807) is 0 Å². The molecule has 0 amide bonds. The number of pyridine rings is 1. The molecule has 2 nitrogen and oxygen atoms in total. The van der Waals surface area contributed by atoms with Crippen molar-refractivity contribution in [2.45, 2.75) is 0 Å². The van der Waals surface area contributed by atoms with Crippen LogP contribution in [0, 0.1) is 0 Å². The summed E-state index contributed by atoms with van der Waals surface area (Å²) in [5.41, 5.74) is 9.03. The van der Waals surface area contributed by atoms with Crippen LogP contribution in [0.15, 0.2) is 156 Å². The molecule has 0 saturated carbocycles. The maximum atomic E-state index is 6.50. The molecule has 3 aromatic heterocycles. The fourth-order valence-electron chi connectivity index (χ4n) is 7.48. The Labute approximate surface area is 253 Å². The van der Waals surface area contributed by atoms with Gasteiger partial charge in [-0.2, -0.15) is 0 Å². The van der Waals surface area contributed by atoms with Gasteiger partial charge >= 0.3 is 0 Å². The van der Waals surface area contributed by atoms with E-state index in [1.165, 1.54) is 71.1 Å². The van der Waals surface area contributed by atoms with Crippen LogP contribution in [0.25, 0.3) is 93.1 Å². The highest BCUT2D eigenvalue weighted by Gasteiger charge is 2.23. The minimum absolute atomic E-state index is 0.910. The van der Waals surface area contributed by atoms with Gasteiger partial charge in [0.1, 0.15) is 11.2 Å². The first-order valence-corrected chi connectivity index (χ1v) is 15.1. The Morgan fingerprint density at radius 1 is 0.386 bits per heavy atom. The van der Waals surface area contributed by atoms with Crippen LogP contribution in [0.4, 0.5) is 0 Å². The van der Waals surface area contributed by atoms with Crippen LogP contribution in [-0.2, 0) is 0 Å². The highest BCUT2D eigenvalue weighted by molar-refractivity contribution is 6.36. The number of hydrogen-bond acceptors (Lipinski definition) is 1. The zero-order valence-corrected chi connectivity index (χ0v) is 23.8. The molecule has 0 aliphatic heterocycles. The molecule has 0 unspecified atom stereocenters. The summed E-state index contributed by atoms with van der Waals surface area (Å²) in [6.07, 6.45) is 0. The third-order valence-electron chi connectivity index (χ3n) is 9.33. The van der Waals surface area contributed by atoms with E-state index in [0.29, 0.717) is 0 Å². The van der Waals surface area contributed by atoms with Gasteiger partial charge in [0, 0.05) is 32.5 Å². The number of nitrogens with zero attached hydrogens (tertiary/aromatic N) is 1. The fourth-order valence-corrected chi connectivity index (χ4v) is 7.48. The topological polar surface area (TPSA) is 17.6 Å². The molecule has 0 bridgehead atoms. The van der Waals surface area contributed by atoms with Crippen LogP contribution < -0.4 is 0 Å². The van der Waals surface area contributed by atoms with E-state index in [0.717, 1.165) is 21.9 Å². The minimum Gasteiger partial charge on any atom is -0.456 e. The molecule has 0 saturated heterocycles. The molecule has 10 aromatic rings. The van der Waals surface area contributed by atoms with Gasteiger partial charge in [-0.3, -0.25) is 0 Å². The van der Waals surface area contributed by atoms with Gasteiger partial charge in [-0.05, 0) is 56.9 Å². The summed E-state index contributed by atoms with van der Waals surface area (Å²) in [5, 5.41) is 11.0. The van der Waals surface area contributed by atoms with Crippen molar-refractivity contribution in [1.29, 1.82) is 0 Å². The Hall–Kier alpha value is -5.86. The van der Waals surface area contributed by atoms with Crippen LogP contribution in [0.5, 0.6) is 0 Å². The number of fused-ring (bicyclic) bond motifs is 14. The third kappa shape index (κ3) is 3.14. The van der Waals surface area contributed by atoms with Gasteiger partial charge in [0.05, 0.1) is 16.7 Å². The van der Waals surface area contributed by atoms with Gasteiger partial charge in [-0.1, -0.05) is 127 Å². The third-order valence-corrected chi connectivity index (χ3v) is 9.33. The van der Waals surface area contributed by atoms with Crippen LogP contribution in [0.2, 0.25) is 0 Å². The lowest BCUT2D eigenvalue weighted by molar-refractivity contribution is 0.669. The van der Waals surface area contributed by atoms with E-state index >= 15 is 0 Å². The van der Waals surface area contributed by atoms with E-state index in [-0.39, 0.29) is 0 Å². The molecule has 3 heterocycles. The first-order chi connectivity index (χ1) is 21.8. The second-order valence-electron chi connectivity index (χ2n) is 11.7. The Bertz CT molecular complexity index is 2750. The van der Waals surface area contributed by atoms with Crippen molar-refractivity contribution >= 4 is 70.7 Å². The monoisotopic (exact) mass is 559 g/mol. The smallest absolute Gasteiger partial charge is 0.136 e. The molecule has 0 aliphatic carbocycles. The molecule has 0 spiro atoms. The largest absolute Gasteiger partial charge is 0.456 e. The number of para-hydroxylation sites is 1. The number of aromatic nitrogens is 1. The SMILES string of the molecule is c1ccc(-c2cc(-c3ccccc3)n3c4cc5c(cc4c4c6ccccc6c6ccccc6c4c23)oc2ccccc25)cc1. The van der Waals surface area contributed by atoms with E-state index in [1.807, 2.05) is 6.07 Å². The normalized spacial score (nSPS) is 12.1. The predicted octanol–water partition coefficient (Wildman–Crippen LogP) is 11.8. The molecule has 204 valence electrons. The van der Waals surface area contributed by atoms with Crippen LogP contribution in [-0.4, -0.2) is 4.40 Å². The predicted molar refractivity (Wildman–Crippen MR) is 186 cm³/mol. The summed E-state index contributed by atoms with van der Waals surface area (Å²) in [5.74, 6) is 0. The Kier molecular flexibility index (Phi) is 4.75. The van der Waals surface area contributed by atoms with Crippen molar-refractivity contribution in [3.05, 3.63) is 152 Å². The van der Waals surface area contributed by atoms with Crippen molar-refractivity contribution in [2.75, 3.05) is 0 Å². The van der Waals surface area contributed by atoms with Gasteiger partial charge in [-0.25, -0.2) is 0 Å². The van der Waals surface area contributed by atoms with E-state index in [4.69, 9.17) is 4.42 Å². The van der Waals surface area contributed by atoms with Gasteiger partial charge < -0.3 is 8.82 Å². The van der Waals surface area contributed by atoms with Gasteiger partial charge in [0.2, 0.25) is 0 Å². The summed E-state index contributed by atoms with van der Waals surface area (Å²) in [6.45, 7) is 0. The van der Waals surface area contributed by atoms with Crippen molar-refractivity contribution in [3.8, 4) is 22.4 Å². The molecule has 0 aliphatic rings. The average Bonchev–Trinajstić information content (AvgIpc) is 3.67. The molecule has 0 N–H and O–H groups in total. The second-order valence-corrected chi connectivity index (χ2v) is 11.7. The molecule has 2 heteroatoms. The summed E-state index contributed by atoms with van der Waals surface area (Å²) >= 11 is 0. The van der Waals surface area contributed by atoms with Crippen molar-refractivity contribution in [1.82, 2.24) is 4.40 Å². The van der Waals surface area contributed by atoms with E-state index in [9.17, 15) is 0 Å². The highest BCUT2D eigenvalue weighted by Crippen LogP contribution is 2.47. The lowest BCUT2D eigenvalue weighted by Crippen LogP contribution is -1.96. The number of hydrogen-bond donors (Lipinski definition) is 0. The van der Waals surface area contributed by atoms with Gasteiger partial charge in [0.15, 0.2) is 0 Å². The Balaban J connectivity index is 1.58. The fraction of sp³-hybridized carbons (Fsp3) is 0. The second kappa shape index (κ2) is 8.82. The summed E-state index contributed by atoms with van der Waals surface area (Å²) < 4.78 is 9.01. The Morgan fingerprint density at radius 3 is 1.66 bits per heavy atom. The Morgan fingerprint density at radius 2 is 0.955 bits per heavy atom. The maximum Gasteiger partial charge on any atom is 0.136 e. The molecule has 0 radical (unpaired) electrons. The molecule has 0 fully saturated rings. The lowest BCUT2D eigenvalue weighted by Gasteiger charge is -2.18. The van der Waals surface area contributed by atoms with Crippen molar-refractivity contribution in [2.24, 2.45) is 0 Å². The lowest BCUT2D eigenvalue weighted by atomic mass is 9.90.